The summed E-state index contributed by atoms with van der Waals surface area (Å²) in [5.41, 5.74) is 2.22. The third-order valence-electron chi connectivity index (χ3n) is 6.46. The number of hydrogen-bond acceptors (Lipinski definition) is 5. The second-order valence-electron chi connectivity index (χ2n) is 8.71. The molecule has 0 aliphatic carbocycles. The van der Waals surface area contributed by atoms with E-state index in [0.29, 0.717) is 6.54 Å². The summed E-state index contributed by atoms with van der Waals surface area (Å²) in [7, 11) is 1.68. The van der Waals surface area contributed by atoms with E-state index >= 15 is 0 Å². The van der Waals surface area contributed by atoms with Gasteiger partial charge in [0, 0.05) is 50.6 Å². The van der Waals surface area contributed by atoms with Crippen LogP contribution >= 0.6 is 0 Å². The lowest BCUT2D eigenvalue weighted by Crippen LogP contribution is -2.47. The smallest absolute Gasteiger partial charge is 0.315 e. The summed E-state index contributed by atoms with van der Waals surface area (Å²) < 4.78 is 5.23. The van der Waals surface area contributed by atoms with E-state index in [1.54, 1.807) is 7.11 Å². The third kappa shape index (κ3) is 6.05. The van der Waals surface area contributed by atoms with Gasteiger partial charge in [-0.05, 0) is 61.6 Å². The number of urea groups is 1. The molecular formula is C25H35N5O2. The van der Waals surface area contributed by atoms with Gasteiger partial charge in [0.2, 0.25) is 0 Å². The first kappa shape index (κ1) is 22.2. The number of hydrogen-bond donors (Lipinski definition) is 2. The molecule has 3 heterocycles. The Morgan fingerprint density at radius 1 is 0.969 bits per heavy atom. The molecule has 1 aromatic carbocycles. The van der Waals surface area contributed by atoms with Gasteiger partial charge in [-0.3, -0.25) is 0 Å². The van der Waals surface area contributed by atoms with Crippen LogP contribution in [0.4, 0.5) is 16.3 Å². The van der Waals surface area contributed by atoms with Crippen LogP contribution in [0.25, 0.3) is 0 Å². The van der Waals surface area contributed by atoms with E-state index in [2.05, 4.69) is 49.7 Å². The zero-order valence-corrected chi connectivity index (χ0v) is 19.1. The third-order valence-corrected chi connectivity index (χ3v) is 6.46. The highest BCUT2D eigenvalue weighted by Crippen LogP contribution is 2.23. The summed E-state index contributed by atoms with van der Waals surface area (Å²) >= 11 is 0. The number of methoxy groups -OCH3 is 1. The predicted molar refractivity (Wildman–Crippen MR) is 129 cm³/mol. The van der Waals surface area contributed by atoms with Crippen LogP contribution in [0.15, 0.2) is 42.6 Å². The van der Waals surface area contributed by atoms with Gasteiger partial charge in [-0.25, -0.2) is 9.78 Å². The molecule has 32 heavy (non-hydrogen) atoms. The van der Waals surface area contributed by atoms with E-state index in [1.165, 1.54) is 31.4 Å². The normalized spacial score (nSPS) is 17.5. The molecule has 7 nitrogen and oxygen atoms in total. The number of benzene rings is 1. The summed E-state index contributed by atoms with van der Waals surface area (Å²) in [6.07, 6.45) is 8.86. The fourth-order valence-electron chi connectivity index (χ4n) is 4.50. The highest BCUT2D eigenvalue weighted by Gasteiger charge is 2.21. The van der Waals surface area contributed by atoms with Crippen molar-refractivity contribution in [2.45, 2.75) is 51.1 Å². The van der Waals surface area contributed by atoms with E-state index in [4.69, 9.17) is 4.74 Å². The molecule has 0 atom stereocenters. The van der Waals surface area contributed by atoms with Crippen molar-refractivity contribution < 1.29 is 9.53 Å². The van der Waals surface area contributed by atoms with Gasteiger partial charge in [0.1, 0.15) is 11.6 Å². The van der Waals surface area contributed by atoms with Gasteiger partial charge < -0.3 is 25.2 Å². The summed E-state index contributed by atoms with van der Waals surface area (Å²) in [4.78, 5) is 21.7. The number of anilines is 2. The van der Waals surface area contributed by atoms with Crippen LogP contribution in [0.3, 0.4) is 0 Å². The number of nitrogens with zero attached hydrogens (tertiary/aromatic N) is 3. The van der Waals surface area contributed by atoms with Gasteiger partial charge >= 0.3 is 6.03 Å². The quantitative estimate of drug-likeness (QED) is 0.716. The van der Waals surface area contributed by atoms with E-state index in [-0.39, 0.29) is 12.1 Å². The minimum atomic E-state index is -0.107. The zero-order chi connectivity index (χ0) is 22.2. The number of carbonyl (C=O) groups excluding carboxylic acids is 1. The van der Waals surface area contributed by atoms with E-state index in [9.17, 15) is 4.79 Å². The van der Waals surface area contributed by atoms with Crippen molar-refractivity contribution in [3.8, 4) is 5.75 Å². The molecule has 2 amide bonds. The Hall–Kier alpha value is -2.96. The van der Waals surface area contributed by atoms with Crippen LogP contribution < -0.4 is 25.2 Å². The Balaban J connectivity index is 1.18. The predicted octanol–water partition coefficient (Wildman–Crippen LogP) is 3.94. The Morgan fingerprint density at radius 2 is 1.69 bits per heavy atom. The SMILES string of the molecule is COc1ccc(N2CCC(NC(=O)NCc3ccc(N4CCCCCC4)nc3)CC2)cc1. The fraction of sp³-hybridized carbons (Fsp3) is 0.520. The Morgan fingerprint density at radius 3 is 2.31 bits per heavy atom. The number of amides is 2. The molecule has 7 heteroatoms. The Labute approximate surface area is 191 Å². The first-order valence-electron chi connectivity index (χ1n) is 11.8. The standard InChI is InChI=1S/C25H35N5O2/c1-32-23-9-7-22(8-10-23)29-16-12-21(13-17-29)28-25(31)27-19-20-6-11-24(26-18-20)30-14-4-2-3-5-15-30/h6-11,18,21H,2-5,12-17,19H2,1H3,(H2,27,28,31). The second kappa shape index (κ2) is 11.1. The first-order valence-corrected chi connectivity index (χ1v) is 11.8. The maximum Gasteiger partial charge on any atom is 0.315 e. The summed E-state index contributed by atoms with van der Waals surface area (Å²) in [5.74, 6) is 1.91. The highest BCUT2D eigenvalue weighted by atomic mass is 16.5. The molecule has 0 spiro atoms. The molecule has 2 aliphatic heterocycles. The second-order valence-corrected chi connectivity index (χ2v) is 8.71. The molecular weight excluding hydrogens is 402 g/mol. The van der Waals surface area contributed by atoms with Crippen LogP contribution in [-0.4, -0.2) is 50.3 Å². The topological polar surface area (TPSA) is 69.7 Å². The van der Waals surface area contributed by atoms with Crippen molar-refractivity contribution in [1.29, 1.82) is 0 Å². The molecule has 4 rings (SSSR count). The average Bonchev–Trinajstić information content (AvgIpc) is 3.13. The first-order chi connectivity index (χ1) is 15.7. The minimum absolute atomic E-state index is 0.107. The molecule has 0 saturated carbocycles. The van der Waals surface area contributed by atoms with Gasteiger partial charge in [0.15, 0.2) is 0 Å². The summed E-state index contributed by atoms with van der Waals surface area (Å²) in [6.45, 7) is 4.52. The molecule has 2 fully saturated rings. The molecule has 172 valence electrons. The van der Waals surface area contributed by atoms with Crippen LogP contribution in [0, 0.1) is 0 Å². The van der Waals surface area contributed by atoms with Gasteiger partial charge in [-0.2, -0.15) is 0 Å². The van der Waals surface area contributed by atoms with E-state index in [1.807, 2.05) is 18.3 Å². The van der Waals surface area contributed by atoms with Gasteiger partial charge in [0.25, 0.3) is 0 Å². The minimum Gasteiger partial charge on any atom is -0.497 e. The van der Waals surface area contributed by atoms with Gasteiger partial charge in [0.05, 0.1) is 7.11 Å². The molecule has 2 saturated heterocycles. The lowest BCUT2D eigenvalue weighted by atomic mass is 10.0. The maximum atomic E-state index is 12.4. The van der Waals surface area contributed by atoms with E-state index in [0.717, 1.165) is 56.2 Å². The Bertz CT molecular complexity index is 840. The van der Waals surface area contributed by atoms with Crippen molar-refractivity contribution in [1.82, 2.24) is 15.6 Å². The monoisotopic (exact) mass is 437 g/mol. The Kier molecular flexibility index (Phi) is 7.69. The number of piperidine rings is 1. The lowest BCUT2D eigenvalue weighted by molar-refractivity contribution is 0.234. The number of aromatic nitrogens is 1. The molecule has 1 aromatic heterocycles. The summed E-state index contributed by atoms with van der Waals surface area (Å²) in [5, 5.41) is 6.10. The van der Waals surface area contributed by atoms with Crippen LogP contribution in [-0.2, 0) is 6.54 Å². The van der Waals surface area contributed by atoms with Crippen LogP contribution in [0.1, 0.15) is 44.1 Å². The van der Waals surface area contributed by atoms with Crippen molar-refractivity contribution in [2.24, 2.45) is 0 Å². The van der Waals surface area contributed by atoms with Crippen molar-refractivity contribution in [3.05, 3.63) is 48.2 Å². The molecule has 2 N–H and O–H groups in total. The number of carbonyl (C=O) groups is 1. The molecule has 2 aliphatic rings. The number of pyridine rings is 1. The molecule has 0 radical (unpaired) electrons. The zero-order valence-electron chi connectivity index (χ0n) is 19.1. The fourth-order valence-corrected chi connectivity index (χ4v) is 4.50. The van der Waals surface area contributed by atoms with Crippen LogP contribution in [0.2, 0.25) is 0 Å². The van der Waals surface area contributed by atoms with E-state index < -0.39 is 0 Å². The van der Waals surface area contributed by atoms with Crippen molar-refractivity contribution in [2.75, 3.05) is 43.1 Å². The van der Waals surface area contributed by atoms with Crippen molar-refractivity contribution >= 4 is 17.5 Å². The number of rotatable bonds is 6. The lowest BCUT2D eigenvalue weighted by Gasteiger charge is -2.34. The number of nitrogens with one attached hydrogen (secondary N) is 2. The average molecular weight is 438 g/mol. The van der Waals surface area contributed by atoms with Crippen molar-refractivity contribution in [3.63, 3.8) is 0 Å². The van der Waals surface area contributed by atoms with Gasteiger partial charge in [-0.1, -0.05) is 18.9 Å². The highest BCUT2D eigenvalue weighted by molar-refractivity contribution is 5.74. The largest absolute Gasteiger partial charge is 0.497 e. The molecule has 0 bridgehead atoms. The van der Waals surface area contributed by atoms with Gasteiger partial charge in [-0.15, -0.1) is 0 Å². The molecule has 2 aromatic rings. The number of ether oxygens (including phenoxy) is 1. The maximum absolute atomic E-state index is 12.4. The molecule has 0 unspecified atom stereocenters. The van der Waals surface area contributed by atoms with Crippen LogP contribution in [0.5, 0.6) is 5.75 Å². The summed E-state index contributed by atoms with van der Waals surface area (Å²) in [6, 6.07) is 12.4.